The van der Waals surface area contributed by atoms with Gasteiger partial charge in [-0.15, -0.1) is 0 Å². The van der Waals surface area contributed by atoms with Crippen molar-refractivity contribution >= 4 is 28.7 Å². The van der Waals surface area contributed by atoms with Crippen molar-refractivity contribution in [3.05, 3.63) is 95.7 Å². The van der Waals surface area contributed by atoms with E-state index in [2.05, 4.69) is 22.4 Å². The van der Waals surface area contributed by atoms with Crippen LogP contribution in [0.4, 0.5) is 4.79 Å². The van der Waals surface area contributed by atoms with E-state index in [0.717, 1.165) is 38.7 Å². The summed E-state index contributed by atoms with van der Waals surface area (Å²) in [4.78, 5) is 41.9. The molecule has 0 saturated heterocycles. The zero-order valence-corrected chi connectivity index (χ0v) is 22.3. The molecule has 7 nitrogen and oxygen atoms in total. The molecule has 0 fully saturated rings. The lowest BCUT2D eigenvalue weighted by Gasteiger charge is -2.21. The summed E-state index contributed by atoms with van der Waals surface area (Å²) in [6, 6.07) is 22.9. The van der Waals surface area contributed by atoms with Crippen LogP contribution >= 0.6 is 0 Å². The van der Waals surface area contributed by atoms with Gasteiger partial charge in [0.05, 0.1) is 6.04 Å². The van der Waals surface area contributed by atoms with Gasteiger partial charge in [-0.2, -0.15) is 0 Å². The van der Waals surface area contributed by atoms with Gasteiger partial charge in [0.2, 0.25) is 0 Å². The van der Waals surface area contributed by atoms with Gasteiger partial charge in [0, 0.05) is 29.4 Å². The molecule has 1 aliphatic carbocycles. The second-order valence-corrected chi connectivity index (χ2v) is 10.8. The van der Waals surface area contributed by atoms with Gasteiger partial charge >= 0.3 is 12.1 Å². The van der Waals surface area contributed by atoms with Crippen LogP contribution in [0.25, 0.3) is 22.0 Å². The average molecular weight is 525 g/mol. The highest BCUT2D eigenvalue weighted by Crippen LogP contribution is 2.44. The van der Waals surface area contributed by atoms with E-state index >= 15 is 0 Å². The number of amides is 1. The molecule has 1 atom stereocenters. The first-order valence-electron chi connectivity index (χ1n) is 13.1. The highest BCUT2D eigenvalue weighted by molar-refractivity contribution is 6.00. The van der Waals surface area contributed by atoms with Gasteiger partial charge in [-0.1, -0.05) is 66.7 Å². The number of hydrogen-bond donors (Lipinski definition) is 2. The van der Waals surface area contributed by atoms with Gasteiger partial charge in [-0.25, -0.2) is 4.79 Å². The van der Waals surface area contributed by atoms with Crippen LogP contribution in [0.1, 0.15) is 49.8 Å². The van der Waals surface area contributed by atoms with Crippen molar-refractivity contribution in [1.82, 2.24) is 10.3 Å². The zero-order chi connectivity index (χ0) is 27.6. The zero-order valence-electron chi connectivity index (χ0n) is 22.3. The second-order valence-electron chi connectivity index (χ2n) is 10.8. The maximum absolute atomic E-state index is 13.2. The molecule has 3 aromatic carbocycles. The predicted octanol–water partition coefficient (Wildman–Crippen LogP) is 5.92. The number of rotatable bonds is 8. The van der Waals surface area contributed by atoms with Crippen LogP contribution in [-0.2, 0) is 25.5 Å². The fourth-order valence-electron chi connectivity index (χ4n) is 5.19. The number of alkyl carbamates (subject to hydrolysis) is 1. The van der Waals surface area contributed by atoms with Gasteiger partial charge in [0.25, 0.3) is 0 Å². The van der Waals surface area contributed by atoms with Gasteiger partial charge in [0.1, 0.15) is 18.6 Å². The average Bonchev–Trinajstić information content (AvgIpc) is 3.45. The molecule has 2 N–H and O–H groups in total. The first kappa shape index (κ1) is 26.2. The summed E-state index contributed by atoms with van der Waals surface area (Å²) in [6.45, 7) is 5.36. The molecule has 39 heavy (non-hydrogen) atoms. The Kier molecular flexibility index (Phi) is 7.24. The fourth-order valence-corrected chi connectivity index (χ4v) is 5.19. The van der Waals surface area contributed by atoms with Crippen LogP contribution in [0.15, 0.2) is 79.0 Å². The van der Waals surface area contributed by atoms with Gasteiger partial charge in [-0.3, -0.25) is 9.59 Å². The lowest BCUT2D eigenvalue weighted by Crippen LogP contribution is -2.44. The number of para-hydroxylation sites is 1. The first-order valence-corrected chi connectivity index (χ1v) is 13.1. The summed E-state index contributed by atoms with van der Waals surface area (Å²) in [5, 5.41) is 3.67. The van der Waals surface area contributed by atoms with Crippen LogP contribution in [0.5, 0.6) is 0 Å². The van der Waals surface area contributed by atoms with E-state index in [-0.39, 0.29) is 18.9 Å². The second kappa shape index (κ2) is 10.8. The number of H-pyrrole nitrogens is 1. The van der Waals surface area contributed by atoms with Gasteiger partial charge in [0.15, 0.2) is 5.78 Å². The number of fused-ring (bicyclic) bond motifs is 4. The molecule has 1 heterocycles. The summed E-state index contributed by atoms with van der Waals surface area (Å²) in [5.74, 6) is -1.18. The number of carbonyl (C=O) groups excluding carboxylic acids is 3. The summed E-state index contributed by atoms with van der Waals surface area (Å²) in [5.41, 5.74) is 5.52. The van der Waals surface area contributed by atoms with Gasteiger partial charge < -0.3 is 19.8 Å². The predicted molar refractivity (Wildman–Crippen MR) is 149 cm³/mol. The van der Waals surface area contributed by atoms with Crippen molar-refractivity contribution in [3.8, 4) is 11.1 Å². The third-order valence-corrected chi connectivity index (χ3v) is 6.86. The van der Waals surface area contributed by atoms with Crippen LogP contribution in [-0.4, -0.2) is 41.1 Å². The number of aromatic nitrogens is 1. The van der Waals surface area contributed by atoms with Crippen molar-refractivity contribution < 1.29 is 23.9 Å². The molecule has 7 heteroatoms. The van der Waals surface area contributed by atoms with E-state index in [1.54, 1.807) is 20.8 Å². The molecule has 5 rings (SSSR count). The smallest absolute Gasteiger partial charge is 0.407 e. The summed E-state index contributed by atoms with van der Waals surface area (Å²) in [6.07, 6.45) is 0.862. The number of benzene rings is 3. The van der Waals surface area contributed by atoms with Crippen molar-refractivity contribution in [1.29, 1.82) is 0 Å². The normalized spacial score (nSPS) is 13.4. The Hall–Kier alpha value is -4.39. The minimum absolute atomic E-state index is 0.104. The quantitative estimate of drug-likeness (QED) is 0.220. The first-order chi connectivity index (χ1) is 18.7. The maximum Gasteiger partial charge on any atom is 0.407 e. The fraction of sp³-hybridized carbons (Fsp3) is 0.281. The van der Waals surface area contributed by atoms with Crippen LogP contribution in [0.2, 0.25) is 0 Å². The Bertz CT molecular complexity index is 1490. The summed E-state index contributed by atoms with van der Waals surface area (Å²) >= 11 is 0. The molecule has 1 aliphatic rings. The molecule has 1 amide bonds. The van der Waals surface area contributed by atoms with Crippen molar-refractivity contribution in [3.63, 3.8) is 0 Å². The van der Waals surface area contributed by atoms with E-state index < -0.39 is 35.9 Å². The van der Waals surface area contributed by atoms with E-state index in [1.165, 1.54) is 0 Å². The molecule has 200 valence electrons. The number of aromatic amines is 1. The number of ketones is 1. The summed E-state index contributed by atoms with van der Waals surface area (Å²) in [7, 11) is 0. The lowest BCUT2D eigenvalue weighted by molar-refractivity contribution is -0.156. The number of carbonyl (C=O) groups is 3. The Morgan fingerprint density at radius 3 is 2.18 bits per heavy atom. The molecule has 1 aromatic heterocycles. The number of hydrogen-bond acceptors (Lipinski definition) is 5. The molecular weight excluding hydrogens is 492 g/mol. The van der Waals surface area contributed by atoms with E-state index in [4.69, 9.17) is 9.47 Å². The monoisotopic (exact) mass is 524 g/mol. The maximum atomic E-state index is 13.2. The molecule has 0 radical (unpaired) electrons. The molecule has 0 bridgehead atoms. The highest BCUT2D eigenvalue weighted by Gasteiger charge is 2.31. The Morgan fingerprint density at radius 2 is 1.51 bits per heavy atom. The standard InChI is InChI=1S/C32H32N2O5/c1-32(2,3)39-30(36)17-29(35)28(16-20-18-33-27-15-9-8-10-21(20)27)34-31(37)38-19-26-24-13-6-4-11-22(24)23-12-5-7-14-25(23)26/h4-15,18,26,28,33H,16-17,19H2,1-3H3,(H,34,37)/t28-/m0/s1. The third-order valence-electron chi connectivity index (χ3n) is 6.86. The molecule has 0 unspecified atom stereocenters. The highest BCUT2D eigenvalue weighted by atomic mass is 16.6. The molecule has 0 spiro atoms. The molecule has 0 saturated carbocycles. The largest absolute Gasteiger partial charge is 0.460 e. The third kappa shape index (κ3) is 5.87. The minimum Gasteiger partial charge on any atom is -0.460 e. The van der Waals surface area contributed by atoms with Crippen molar-refractivity contribution in [2.45, 2.75) is 51.2 Å². The van der Waals surface area contributed by atoms with Crippen molar-refractivity contribution in [2.75, 3.05) is 6.61 Å². The van der Waals surface area contributed by atoms with Crippen LogP contribution in [0, 0.1) is 0 Å². The summed E-state index contributed by atoms with van der Waals surface area (Å²) < 4.78 is 11.0. The van der Waals surface area contributed by atoms with E-state index in [1.807, 2.05) is 66.9 Å². The number of esters is 1. The Morgan fingerprint density at radius 1 is 0.897 bits per heavy atom. The Balaban J connectivity index is 1.31. The molecular formula is C32H32N2O5. The van der Waals surface area contributed by atoms with Crippen LogP contribution < -0.4 is 5.32 Å². The van der Waals surface area contributed by atoms with E-state index in [0.29, 0.717) is 0 Å². The number of nitrogens with one attached hydrogen (secondary N) is 2. The molecule has 4 aromatic rings. The minimum atomic E-state index is -0.965. The van der Waals surface area contributed by atoms with Gasteiger partial charge in [-0.05, 0) is 54.7 Å². The number of ether oxygens (including phenoxy) is 2. The lowest BCUT2D eigenvalue weighted by atomic mass is 9.98. The SMILES string of the molecule is CC(C)(C)OC(=O)CC(=O)[C@H](Cc1c[nH]c2ccccc12)NC(=O)OCC1c2ccccc2-c2ccccc21. The molecule has 0 aliphatic heterocycles. The van der Waals surface area contributed by atoms with Crippen molar-refractivity contribution in [2.24, 2.45) is 0 Å². The number of Topliss-reactive ketones (excluding diaryl/α,β-unsaturated/α-hetero) is 1. The Labute approximate surface area is 227 Å². The topological polar surface area (TPSA) is 97.5 Å². The van der Waals surface area contributed by atoms with Crippen LogP contribution in [0.3, 0.4) is 0 Å². The van der Waals surface area contributed by atoms with E-state index in [9.17, 15) is 14.4 Å².